The lowest BCUT2D eigenvalue weighted by atomic mass is 10.1. The minimum Gasteiger partial charge on any atom is -0.333 e. The van der Waals surface area contributed by atoms with Crippen molar-refractivity contribution in [2.45, 2.75) is 25.9 Å². The Morgan fingerprint density at radius 1 is 1.47 bits per heavy atom. The van der Waals surface area contributed by atoms with E-state index in [0.717, 1.165) is 19.6 Å². The molecule has 0 saturated carbocycles. The molecule has 0 amide bonds. The van der Waals surface area contributed by atoms with Crippen molar-refractivity contribution in [3.63, 3.8) is 0 Å². The topological polar surface area (TPSA) is 47.1 Å². The molecule has 1 saturated heterocycles. The van der Waals surface area contributed by atoms with Gasteiger partial charge in [-0.15, -0.1) is 0 Å². The lowest BCUT2D eigenvalue weighted by Crippen LogP contribution is -2.36. The van der Waals surface area contributed by atoms with Crippen molar-refractivity contribution in [3.8, 4) is 0 Å². The summed E-state index contributed by atoms with van der Waals surface area (Å²) in [5.74, 6) is 2.50. The van der Waals surface area contributed by atoms with Gasteiger partial charge in [0.05, 0.1) is 18.1 Å². The predicted octanol–water partition coefficient (Wildman–Crippen LogP) is 1.34. The highest BCUT2D eigenvalue weighted by Crippen LogP contribution is 2.22. The van der Waals surface area contributed by atoms with Crippen molar-refractivity contribution >= 4 is 11.8 Å². The Hall–Kier alpha value is -0.520. The van der Waals surface area contributed by atoms with Gasteiger partial charge in [0.1, 0.15) is 0 Å². The molecule has 1 unspecified atom stereocenters. The molecule has 96 valence electrons. The number of aryl methyl sites for hydroxylation is 1. The Morgan fingerprint density at radius 2 is 2.35 bits per heavy atom. The third-order valence-corrected chi connectivity index (χ3v) is 4.40. The van der Waals surface area contributed by atoms with Gasteiger partial charge in [0, 0.05) is 31.6 Å². The molecule has 0 bridgehead atoms. The van der Waals surface area contributed by atoms with Crippen LogP contribution in [0.5, 0.6) is 0 Å². The van der Waals surface area contributed by atoms with Gasteiger partial charge in [0.15, 0.2) is 0 Å². The van der Waals surface area contributed by atoms with Gasteiger partial charge < -0.3 is 10.3 Å². The number of thioether (sulfide) groups is 1. The normalized spacial score (nSPS) is 20.1. The third-order valence-electron chi connectivity index (χ3n) is 3.35. The zero-order valence-electron chi connectivity index (χ0n) is 10.5. The Balaban J connectivity index is 2.14. The first-order valence-electron chi connectivity index (χ1n) is 6.38. The van der Waals surface area contributed by atoms with Crippen molar-refractivity contribution in [1.82, 2.24) is 14.5 Å². The molecule has 2 rings (SSSR count). The second-order valence-electron chi connectivity index (χ2n) is 4.36. The maximum atomic E-state index is 5.98. The minimum absolute atomic E-state index is 0.330. The van der Waals surface area contributed by atoms with E-state index in [-0.39, 0.29) is 0 Å². The predicted molar refractivity (Wildman–Crippen MR) is 73.2 cm³/mol. The van der Waals surface area contributed by atoms with Crippen LogP contribution in [0, 0.1) is 0 Å². The number of rotatable bonds is 4. The Morgan fingerprint density at radius 3 is 3.12 bits per heavy atom. The molecule has 2 N–H and O–H groups in total. The van der Waals surface area contributed by atoms with Crippen LogP contribution in [0.15, 0.2) is 12.5 Å². The summed E-state index contributed by atoms with van der Waals surface area (Å²) >= 11 is 2.05. The first-order chi connectivity index (χ1) is 8.36. The maximum Gasteiger partial charge on any atom is 0.0948 e. The first-order valence-corrected chi connectivity index (χ1v) is 7.54. The quantitative estimate of drug-likeness (QED) is 0.881. The molecule has 1 fully saturated rings. The lowest BCUT2D eigenvalue weighted by molar-refractivity contribution is 0.210. The van der Waals surface area contributed by atoms with Crippen molar-refractivity contribution < 1.29 is 0 Å². The molecule has 1 aliphatic rings. The van der Waals surface area contributed by atoms with Crippen molar-refractivity contribution in [2.24, 2.45) is 5.73 Å². The number of nitrogens with two attached hydrogens (primary N) is 1. The molecule has 5 heteroatoms. The lowest BCUT2D eigenvalue weighted by Gasteiger charge is -2.29. The molecule has 1 aliphatic heterocycles. The number of nitrogens with zero attached hydrogens (tertiary/aromatic N) is 3. The van der Waals surface area contributed by atoms with Gasteiger partial charge in [-0.2, -0.15) is 11.8 Å². The standard InChI is InChI=1S/C12H22N4S/c1-2-15-10-14-9-12(15)11(8-13)16-4-3-6-17-7-5-16/h9-11H,2-8,13H2,1H3. The average molecular weight is 254 g/mol. The summed E-state index contributed by atoms with van der Waals surface area (Å²) in [5.41, 5.74) is 7.25. The van der Waals surface area contributed by atoms with Crippen LogP contribution in [-0.2, 0) is 6.54 Å². The van der Waals surface area contributed by atoms with E-state index in [4.69, 9.17) is 5.73 Å². The fourth-order valence-electron chi connectivity index (χ4n) is 2.41. The van der Waals surface area contributed by atoms with Gasteiger partial charge in [0.2, 0.25) is 0 Å². The molecule has 1 aromatic heterocycles. The third kappa shape index (κ3) is 3.03. The average Bonchev–Trinajstić information content (AvgIpc) is 2.65. The molecule has 0 spiro atoms. The summed E-state index contributed by atoms with van der Waals surface area (Å²) in [6, 6.07) is 0.330. The van der Waals surface area contributed by atoms with E-state index in [1.807, 2.05) is 24.3 Å². The molecule has 4 nitrogen and oxygen atoms in total. The van der Waals surface area contributed by atoms with Crippen LogP contribution < -0.4 is 5.73 Å². The Bertz CT molecular complexity index is 331. The van der Waals surface area contributed by atoms with Crippen LogP contribution in [0.2, 0.25) is 0 Å². The highest BCUT2D eigenvalue weighted by atomic mass is 32.2. The molecular formula is C12H22N4S. The van der Waals surface area contributed by atoms with E-state index in [1.165, 1.54) is 23.6 Å². The van der Waals surface area contributed by atoms with E-state index < -0.39 is 0 Å². The summed E-state index contributed by atoms with van der Waals surface area (Å²) in [4.78, 5) is 6.77. The number of hydrogen-bond acceptors (Lipinski definition) is 4. The van der Waals surface area contributed by atoms with Gasteiger partial charge in [-0.25, -0.2) is 4.98 Å². The van der Waals surface area contributed by atoms with Crippen LogP contribution in [-0.4, -0.2) is 45.6 Å². The molecular weight excluding hydrogens is 232 g/mol. The Labute approximate surface area is 108 Å². The fourth-order valence-corrected chi connectivity index (χ4v) is 3.31. The highest BCUT2D eigenvalue weighted by molar-refractivity contribution is 7.99. The van der Waals surface area contributed by atoms with E-state index in [0.29, 0.717) is 12.6 Å². The molecule has 1 atom stereocenters. The Kier molecular flexibility index (Phi) is 4.88. The molecule has 0 aliphatic carbocycles. The zero-order chi connectivity index (χ0) is 12.1. The first kappa shape index (κ1) is 12.9. The fraction of sp³-hybridized carbons (Fsp3) is 0.750. The molecule has 0 aromatic carbocycles. The summed E-state index contributed by atoms with van der Waals surface area (Å²) in [5, 5.41) is 0. The molecule has 17 heavy (non-hydrogen) atoms. The number of aromatic nitrogens is 2. The van der Waals surface area contributed by atoms with Gasteiger partial charge in [-0.1, -0.05) is 0 Å². The zero-order valence-corrected chi connectivity index (χ0v) is 11.3. The van der Waals surface area contributed by atoms with Gasteiger partial charge in [-0.3, -0.25) is 4.90 Å². The van der Waals surface area contributed by atoms with Crippen LogP contribution >= 0.6 is 11.8 Å². The summed E-state index contributed by atoms with van der Waals surface area (Å²) in [7, 11) is 0. The highest BCUT2D eigenvalue weighted by Gasteiger charge is 2.22. The van der Waals surface area contributed by atoms with Crippen molar-refractivity contribution in [2.75, 3.05) is 31.1 Å². The summed E-state index contributed by atoms with van der Waals surface area (Å²) in [6.07, 6.45) is 5.14. The van der Waals surface area contributed by atoms with Crippen molar-refractivity contribution in [1.29, 1.82) is 0 Å². The second kappa shape index (κ2) is 6.42. The molecule has 1 aromatic rings. The van der Waals surface area contributed by atoms with Gasteiger partial charge in [-0.05, 0) is 25.6 Å². The summed E-state index contributed by atoms with van der Waals surface area (Å²) in [6.45, 7) is 6.09. The smallest absolute Gasteiger partial charge is 0.0948 e. The van der Waals surface area contributed by atoms with Crippen LogP contribution in [0.25, 0.3) is 0 Å². The minimum atomic E-state index is 0.330. The number of imidazole rings is 1. The molecule has 2 heterocycles. The molecule has 0 radical (unpaired) electrons. The van der Waals surface area contributed by atoms with E-state index in [9.17, 15) is 0 Å². The SMILES string of the molecule is CCn1cncc1C(CN)N1CCCSCC1. The van der Waals surface area contributed by atoms with Crippen molar-refractivity contribution in [3.05, 3.63) is 18.2 Å². The maximum absolute atomic E-state index is 5.98. The van der Waals surface area contributed by atoms with E-state index in [2.05, 4.69) is 21.4 Å². The van der Waals surface area contributed by atoms with Crippen LogP contribution in [0.1, 0.15) is 25.1 Å². The summed E-state index contributed by atoms with van der Waals surface area (Å²) < 4.78 is 2.20. The van der Waals surface area contributed by atoms with Crippen LogP contribution in [0.3, 0.4) is 0 Å². The number of hydrogen-bond donors (Lipinski definition) is 1. The largest absolute Gasteiger partial charge is 0.333 e. The van der Waals surface area contributed by atoms with Crippen LogP contribution in [0.4, 0.5) is 0 Å². The van der Waals surface area contributed by atoms with Gasteiger partial charge in [0.25, 0.3) is 0 Å². The van der Waals surface area contributed by atoms with Gasteiger partial charge >= 0.3 is 0 Å². The van der Waals surface area contributed by atoms with E-state index in [1.54, 1.807) is 0 Å². The van der Waals surface area contributed by atoms with E-state index >= 15 is 0 Å². The second-order valence-corrected chi connectivity index (χ2v) is 5.58. The monoisotopic (exact) mass is 254 g/mol.